The van der Waals surface area contributed by atoms with Crippen molar-refractivity contribution >= 4 is 45.3 Å². The van der Waals surface area contributed by atoms with Crippen molar-refractivity contribution in [3.63, 3.8) is 0 Å². The molecular weight excluding hydrogens is 416 g/mol. The molecule has 1 spiro atoms. The Kier molecular flexibility index (Phi) is 5.05. The number of rotatable bonds is 3. The highest BCUT2D eigenvalue weighted by Gasteiger charge is 2.58. The molecule has 3 aliphatic rings. The van der Waals surface area contributed by atoms with Crippen LogP contribution >= 0.6 is 27.7 Å². The molecule has 1 aromatic carbocycles. The first kappa shape index (κ1) is 18.3. The van der Waals surface area contributed by atoms with Crippen LogP contribution in [0, 0.1) is 0 Å². The van der Waals surface area contributed by atoms with Crippen molar-refractivity contribution in [1.29, 1.82) is 0 Å². The number of amides is 1. The first-order valence-electron chi connectivity index (χ1n) is 9.29. The van der Waals surface area contributed by atoms with E-state index in [1.54, 1.807) is 6.92 Å². The number of benzene rings is 1. The van der Waals surface area contributed by atoms with Gasteiger partial charge in [0.05, 0.1) is 12.3 Å². The number of carbonyl (C=O) groups excluding carboxylic acids is 2. The molecule has 5 nitrogen and oxygen atoms in total. The number of nitrogens with one attached hydrogen (secondary N) is 1. The van der Waals surface area contributed by atoms with Crippen molar-refractivity contribution in [2.75, 3.05) is 17.3 Å². The summed E-state index contributed by atoms with van der Waals surface area (Å²) in [5.41, 5.74) is 1.94. The van der Waals surface area contributed by atoms with Crippen LogP contribution in [0.5, 0.6) is 0 Å². The predicted octanol–water partition coefficient (Wildman–Crippen LogP) is 3.55. The van der Waals surface area contributed by atoms with Crippen LogP contribution in [0.15, 0.2) is 22.7 Å². The molecule has 4 rings (SSSR count). The van der Waals surface area contributed by atoms with Crippen molar-refractivity contribution in [2.24, 2.45) is 0 Å². The van der Waals surface area contributed by atoms with Crippen LogP contribution in [-0.2, 0) is 19.2 Å². The molecule has 0 bridgehead atoms. The van der Waals surface area contributed by atoms with Crippen LogP contribution in [0.4, 0.5) is 5.69 Å². The Morgan fingerprint density at radius 1 is 1.38 bits per heavy atom. The molecule has 140 valence electrons. The number of anilines is 1. The summed E-state index contributed by atoms with van der Waals surface area (Å²) >= 11 is 5.06. The van der Waals surface area contributed by atoms with Crippen molar-refractivity contribution in [3.05, 3.63) is 28.2 Å². The lowest BCUT2D eigenvalue weighted by atomic mass is 9.94. The first-order chi connectivity index (χ1) is 12.6. The molecule has 2 fully saturated rings. The zero-order chi connectivity index (χ0) is 18.3. The minimum atomic E-state index is -0.881. The Morgan fingerprint density at radius 2 is 2.15 bits per heavy atom. The SMILES string of the molecule is CCOC(=O)[C@@H]1CS[C@]2(N1)C(=O)N(C1CCCCC1)c1ccc(Br)cc12. The highest BCUT2D eigenvalue weighted by atomic mass is 79.9. The number of halogens is 1. The van der Waals surface area contributed by atoms with Gasteiger partial charge in [-0.3, -0.25) is 14.9 Å². The van der Waals surface area contributed by atoms with Gasteiger partial charge in [0.25, 0.3) is 5.91 Å². The van der Waals surface area contributed by atoms with Gasteiger partial charge in [-0.15, -0.1) is 11.8 Å². The molecule has 1 saturated carbocycles. The summed E-state index contributed by atoms with van der Waals surface area (Å²) in [6.07, 6.45) is 5.67. The van der Waals surface area contributed by atoms with Gasteiger partial charge in [-0.2, -0.15) is 0 Å². The van der Waals surface area contributed by atoms with Crippen LogP contribution in [0.25, 0.3) is 0 Å². The quantitative estimate of drug-likeness (QED) is 0.731. The first-order valence-corrected chi connectivity index (χ1v) is 11.1. The average molecular weight is 439 g/mol. The van der Waals surface area contributed by atoms with Crippen molar-refractivity contribution in [1.82, 2.24) is 5.32 Å². The number of thioether (sulfide) groups is 1. The van der Waals surface area contributed by atoms with E-state index in [-0.39, 0.29) is 17.9 Å². The maximum Gasteiger partial charge on any atom is 0.324 e. The maximum absolute atomic E-state index is 13.6. The van der Waals surface area contributed by atoms with Gasteiger partial charge in [-0.25, -0.2) is 0 Å². The number of fused-ring (bicyclic) bond motifs is 2. The van der Waals surface area contributed by atoms with Crippen LogP contribution in [0.2, 0.25) is 0 Å². The van der Waals surface area contributed by atoms with Gasteiger partial charge in [0, 0.05) is 21.8 Å². The van der Waals surface area contributed by atoms with E-state index in [4.69, 9.17) is 4.74 Å². The van der Waals surface area contributed by atoms with E-state index >= 15 is 0 Å². The molecule has 2 atom stereocenters. The lowest BCUT2D eigenvalue weighted by Gasteiger charge is -2.33. The van der Waals surface area contributed by atoms with Gasteiger partial charge < -0.3 is 9.64 Å². The molecule has 1 amide bonds. The summed E-state index contributed by atoms with van der Waals surface area (Å²) in [5, 5.41) is 3.33. The monoisotopic (exact) mass is 438 g/mol. The average Bonchev–Trinajstić information content (AvgIpc) is 3.19. The van der Waals surface area contributed by atoms with E-state index < -0.39 is 10.9 Å². The molecule has 26 heavy (non-hydrogen) atoms. The van der Waals surface area contributed by atoms with Crippen LogP contribution < -0.4 is 10.2 Å². The topological polar surface area (TPSA) is 58.6 Å². The molecule has 2 aliphatic heterocycles. The fourth-order valence-electron chi connectivity index (χ4n) is 4.28. The molecule has 1 aliphatic carbocycles. The van der Waals surface area contributed by atoms with Crippen LogP contribution in [0.1, 0.15) is 44.6 Å². The van der Waals surface area contributed by atoms with E-state index in [2.05, 4.69) is 21.2 Å². The summed E-state index contributed by atoms with van der Waals surface area (Å²) in [6.45, 7) is 2.15. The van der Waals surface area contributed by atoms with E-state index in [9.17, 15) is 9.59 Å². The Hall–Kier alpha value is -1.05. The minimum absolute atomic E-state index is 0.0642. The molecular formula is C19H23BrN2O3S. The molecule has 1 saturated heterocycles. The van der Waals surface area contributed by atoms with Crippen LogP contribution in [-0.4, -0.2) is 36.3 Å². The third-order valence-electron chi connectivity index (χ3n) is 5.47. The predicted molar refractivity (Wildman–Crippen MR) is 106 cm³/mol. The van der Waals surface area contributed by atoms with Gasteiger partial charge in [-0.05, 0) is 38.0 Å². The molecule has 2 heterocycles. The fourth-order valence-corrected chi connectivity index (χ4v) is 6.05. The molecule has 1 aromatic rings. The number of hydrogen-bond acceptors (Lipinski definition) is 5. The zero-order valence-corrected chi connectivity index (χ0v) is 17.2. The lowest BCUT2D eigenvalue weighted by Crippen LogP contribution is -2.52. The Morgan fingerprint density at radius 3 is 2.88 bits per heavy atom. The Balaban J connectivity index is 1.71. The molecule has 0 radical (unpaired) electrons. The number of nitrogens with zero attached hydrogens (tertiary/aromatic N) is 1. The van der Waals surface area contributed by atoms with E-state index in [1.807, 2.05) is 23.1 Å². The zero-order valence-electron chi connectivity index (χ0n) is 14.8. The standard InChI is InChI=1S/C19H23BrN2O3S/c1-2-25-17(23)15-11-26-19(21-15)14-10-12(20)8-9-16(14)22(18(19)24)13-6-4-3-5-7-13/h8-10,13,15,21H,2-7,11H2,1H3/t15-,19-/m0/s1. The normalized spacial score (nSPS) is 28.6. The smallest absolute Gasteiger partial charge is 0.324 e. The van der Waals surface area contributed by atoms with E-state index in [0.717, 1.165) is 28.6 Å². The summed E-state index contributed by atoms with van der Waals surface area (Å²) in [6, 6.07) is 5.83. The van der Waals surface area contributed by atoms with Gasteiger partial charge in [-0.1, -0.05) is 35.2 Å². The molecule has 0 aromatic heterocycles. The number of hydrogen-bond donors (Lipinski definition) is 1. The number of esters is 1. The summed E-state index contributed by atoms with van der Waals surface area (Å²) < 4.78 is 6.11. The van der Waals surface area contributed by atoms with Gasteiger partial charge in [0.2, 0.25) is 0 Å². The molecule has 7 heteroatoms. The highest BCUT2D eigenvalue weighted by molar-refractivity contribution is 9.10. The summed E-state index contributed by atoms with van der Waals surface area (Å²) in [7, 11) is 0. The van der Waals surface area contributed by atoms with E-state index in [0.29, 0.717) is 12.4 Å². The van der Waals surface area contributed by atoms with Gasteiger partial charge in [0.1, 0.15) is 6.04 Å². The third kappa shape index (κ3) is 2.88. The fraction of sp³-hybridized carbons (Fsp3) is 0.579. The van der Waals surface area contributed by atoms with Crippen molar-refractivity contribution in [2.45, 2.75) is 56.0 Å². The second-order valence-electron chi connectivity index (χ2n) is 7.07. The van der Waals surface area contributed by atoms with Crippen molar-refractivity contribution in [3.8, 4) is 0 Å². The number of carbonyl (C=O) groups is 2. The van der Waals surface area contributed by atoms with Gasteiger partial charge >= 0.3 is 5.97 Å². The van der Waals surface area contributed by atoms with Crippen molar-refractivity contribution < 1.29 is 14.3 Å². The second kappa shape index (κ2) is 7.17. The summed E-state index contributed by atoms with van der Waals surface area (Å²) in [4.78, 5) is 26.9. The lowest BCUT2D eigenvalue weighted by molar-refractivity contribution is -0.145. The Labute approximate surface area is 166 Å². The van der Waals surface area contributed by atoms with E-state index in [1.165, 1.54) is 31.0 Å². The van der Waals surface area contributed by atoms with Gasteiger partial charge in [0.15, 0.2) is 4.87 Å². The minimum Gasteiger partial charge on any atom is -0.465 e. The third-order valence-corrected chi connectivity index (χ3v) is 7.41. The molecule has 1 N–H and O–H groups in total. The highest BCUT2D eigenvalue weighted by Crippen LogP contribution is 2.52. The molecule has 0 unspecified atom stereocenters. The number of ether oxygens (including phenoxy) is 1. The largest absolute Gasteiger partial charge is 0.465 e. The second-order valence-corrected chi connectivity index (χ2v) is 9.22. The maximum atomic E-state index is 13.6. The van der Waals surface area contributed by atoms with Crippen LogP contribution in [0.3, 0.4) is 0 Å². The Bertz CT molecular complexity index is 737. The summed E-state index contributed by atoms with van der Waals surface area (Å²) in [5.74, 6) is 0.321.